The Kier molecular flexibility index (Phi) is 4.72. The van der Waals surface area contributed by atoms with E-state index in [9.17, 15) is 4.79 Å². The molecule has 2 rings (SSSR count). The molecule has 1 aromatic rings. The Bertz CT molecular complexity index is 408. The predicted molar refractivity (Wildman–Crippen MR) is 77.8 cm³/mol. The second kappa shape index (κ2) is 6.31. The van der Waals surface area contributed by atoms with Crippen LogP contribution in [0.2, 0.25) is 0 Å². The Morgan fingerprint density at radius 3 is 2.32 bits per heavy atom. The summed E-state index contributed by atoms with van der Waals surface area (Å²) in [5.74, 6) is 0.777. The van der Waals surface area contributed by atoms with E-state index in [0.717, 1.165) is 25.9 Å². The third-order valence-corrected chi connectivity index (χ3v) is 4.05. The Balaban J connectivity index is 1.91. The summed E-state index contributed by atoms with van der Waals surface area (Å²) in [7, 11) is 0. The third-order valence-electron chi connectivity index (χ3n) is 4.05. The van der Waals surface area contributed by atoms with Gasteiger partial charge in [-0.15, -0.1) is 0 Å². The van der Waals surface area contributed by atoms with Gasteiger partial charge < -0.3 is 5.73 Å². The number of Topliss-reactive ketones (excluding diaryl/α,β-unsaturated/α-hetero) is 1. The summed E-state index contributed by atoms with van der Waals surface area (Å²) in [6.45, 7) is 5.66. The molecule has 1 aromatic carbocycles. The molecule has 2 N–H and O–H groups in total. The zero-order chi connectivity index (χ0) is 13.8. The van der Waals surface area contributed by atoms with Crippen LogP contribution in [0.5, 0.6) is 0 Å². The van der Waals surface area contributed by atoms with E-state index in [1.54, 1.807) is 0 Å². The first-order valence-corrected chi connectivity index (χ1v) is 7.18. The molecule has 0 amide bonds. The number of piperidine rings is 1. The van der Waals surface area contributed by atoms with E-state index in [1.807, 2.05) is 13.8 Å². The largest absolute Gasteiger partial charge is 0.309 e. The monoisotopic (exact) mass is 260 g/mol. The minimum Gasteiger partial charge on any atom is -0.309 e. The molecule has 1 heterocycles. The molecule has 1 aliphatic heterocycles. The first-order chi connectivity index (χ1) is 9.09. The SMILES string of the molecule is CC(C)C(=O)[C@@H](N)N1CCC(c2ccccc2)CC1. The van der Waals surface area contributed by atoms with Crippen LogP contribution in [-0.2, 0) is 4.79 Å². The molecular weight excluding hydrogens is 236 g/mol. The lowest BCUT2D eigenvalue weighted by molar-refractivity contribution is -0.127. The molecule has 0 radical (unpaired) electrons. The van der Waals surface area contributed by atoms with Crippen molar-refractivity contribution in [1.82, 2.24) is 4.90 Å². The minimum absolute atomic E-state index is 0.0156. The lowest BCUT2D eigenvalue weighted by Gasteiger charge is -2.35. The molecule has 1 fully saturated rings. The van der Waals surface area contributed by atoms with E-state index in [1.165, 1.54) is 5.56 Å². The van der Waals surface area contributed by atoms with Crippen LogP contribution in [0.3, 0.4) is 0 Å². The fourth-order valence-corrected chi connectivity index (χ4v) is 2.76. The third kappa shape index (κ3) is 3.43. The fraction of sp³-hybridized carbons (Fsp3) is 0.562. The van der Waals surface area contributed by atoms with Gasteiger partial charge >= 0.3 is 0 Å². The first kappa shape index (κ1) is 14.2. The molecule has 104 valence electrons. The highest BCUT2D eigenvalue weighted by molar-refractivity contribution is 5.85. The van der Waals surface area contributed by atoms with Crippen LogP contribution in [0, 0.1) is 5.92 Å². The molecule has 19 heavy (non-hydrogen) atoms. The number of carbonyl (C=O) groups excluding carboxylic acids is 1. The minimum atomic E-state index is -0.420. The van der Waals surface area contributed by atoms with Crippen LogP contribution >= 0.6 is 0 Å². The second-order valence-electron chi connectivity index (χ2n) is 5.72. The maximum Gasteiger partial charge on any atom is 0.166 e. The number of benzene rings is 1. The molecule has 1 saturated heterocycles. The molecule has 0 unspecified atom stereocenters. The van der Waals surface area contributed by atoms with Crippen LogP contribution in [0.15, 0.2) is 30.3 Å². The van der Waals surface area contributed by atoms with Crippen molar-refractivity contribution in [3.05, 3.63) is 35.9 Å². The van der Waals surface area contributed by atoms with Crippen molar-refractivity contribution in [2.24, 2.45) is 11.7 Å². The quantitative estimate of drug-likeness (QED) is 0.904. The normalized spacial score (nSPS) is 19.6. The van der Waals surface area contributed by atoms with E-state index in [4.69, 9.17) is 5.73 Å². The van der Waals surface area contributed by atoms with Crippen molar-refractivity contribution in [2.45, 2.75) is 38.8 Å². The van der Waals surface area contributed by atoms with Crippen molar-refractivity contribution < 1.29 is 4.79 Å². The first-order valence-electron chi connectivity index (χ1n) is 7.18. The molecular formula is C16H24N2O. The maximum atomic E-state index is 11.9. The van der Waals surface area contributed by atoms with E-state index >= 15 is 0 Å². The fourth-order valence-electron chi connectivity index (χ4n) is 2.76. The number of hydrogen-bond acceptors (Lipinski definition) is 3. The van der Waals surface area contributed by atoms with Crippen molar-refractivity contribution >= 4 is 5.78 Å². The number of rotatable bonds is 4. The van der Waals surface area contributed by atoms with Gasteiger partial charge in [-0.2, -0.15) is 0 Å². The van der Waals surface area contributed by atoms with Gasteiger partial charge in [0, 0.05) is 19.0 Å². The predicted octanol–water partition coefficient (Wildman–Crippen LogP) is 2.38. The van der Waals surface area contributed by atoms with Gasteiger partial charge in [0.25, 0.3) is 0 Å². The van der Waals surface area contributed by atoms with E-state index in [2.05, 4.69) is 35.2 Å². The van der Waals surface area contributed by atoms with Gasteiger partial charge in [0.15, 0.2) is 5.78 Å². The number of hydrogen-bond donors (Lipinski definition) is 1. The molecule has 0 aliphatic carbocycles. The van der Waals surface area contributed by atoms with Crippen molar-refractivity contribution in [3.63, 3.8) is 0 Å². The Labute approximate surface area is 115 Å². The van der Waals surface area contributed by atoms with E-state index in [-0.39, 0.29) is 11.7 Å². The molecule has 1 aliphatic rings. The number of nitrogens with two attached hydrogens (primary N) is 1. The van der Waals surface area contributed by atoms with Crippen molar-refractivity contribution in [2.75, 3.05) is 13.1 Å². The number of nitrogens with zero attached hydrogens (tertiary/aromatic N) is 1. The van der Waals surface area contributed by atoms with Crippen LogP contribution in [-0.4, -0.2) is 29.9 Å². The summed E-state index contributed by atoms with van der Waals surface area (Å²) >= 11 is 0. The highest BCUT2D eigenvalue weighted by atomic mass is 16.1. The number of ketones is 1. The highest BCUT2D eigenvalue weighted by Gasteiger charge is 2.28. The molecule has 3 nitrogen and oxygen atoms in total. The summed E-state index contributed by atoms with van der Waals surface area (Å²) in [4.78, 5) is 14.1. The van der Waals surface area contributed by atoms with Gasteiger partial charge in [-0.05, 0) is 24.3 Å². The lowest BCUT2D eigenvalue weighted by Crippen LogP contribution is -2.51. The summed E-state index contributed by atoms with van der Waals surface area (Å²) in [5.41, 5.74) is 7.46. The van der Waals surface area contributed by atoms with Gasteiger partial charge in [0.1, 0.15) is 6.17 Å². The molecule has 0 spiro atoms. The standard InChI is InChI=1S/C16H24N2O/c1-12(2)15(19)16(17)18-10-8-14(9-11-18)13-6-4-3-5-7-13/h3-7,12,14,16H,8-11,17H2,1-2H3/t16-/m0/s1. The van der Waals surface area contributed by atoms with Gasteiger partial charge in [0.2, 0.25) is 0 Å². The molecule has 0 aromatic heterocycles. The highest BCUT2D eigenvalue weighted by Crippen LogP contribution is 2.28. The van der Waals surface area contributed by atoms with Crippen molar-refractivity contribution in [1.29, 1.82) is 0 Å². The van der Waals surface area contributed by atoms with E-state index in [0.29, 0.717) is 5.92 Å². The number of likely N-dealkylation sites (tertiary alicyclic amines) is 1. The molecule has 0 bridgehead atoms. The van der Waals surface area contributed by atoms with Gasteiger partial charge in [0.05, 0.1) is 0 Å². The second-order valence-corrected chi connectivity index (χ2v) is 5.72. The van der Waals surface area contributed by atoms with Crippen LogP contribution < -0.4 is 5.73 Å². The van der Waals surface area contributed by atoms with Crippen molar-refractivity contribution in [3.8, 4) is 0 Å². The Hall–Kier alpha value is -1.19. The average Bonchev–Trinajstić information content (AvgIpc) is 2.46. The zero-order valence-corrected chi connectivity index (χ0v) is 11.9. The Morgan fingerprint density at radius 1 is 1.21 bits per heavy atom. The topological polar surface area (TPSA) is 46.3 Å². The Morgan fingerprint density at radius 2 is 1.79 bits per heavy atom. The average molecular weight is 260 g/mol. The summed E-state index contributed by atoms with van der Waals surface area (Å²) < 4.78 is 0. The van der Waals surface area contributed by atoms with Gasteiger partial charge in [-0.25, -0.2) is 0 Å². The summed E-state index contributed by atoms with van der Waals surface area (Å²) in [5, 5.41) is 0. The van der Waals surface area contributed by atoms with Gasteiger partial charge in [-0.1, -0.05) is 44.2 Å². The van der Waals surface area contributed by atoms with Crippen LogP contribution in [0.1, 0.15) is 38.2 Å². The molecule has 1 atom stereocenters. The lowest BCUT2D eigenvalue weighted by atomic mass is 9.89. The van der Waals surface area contributed by atoms with Crippen LogP contribution in [0.25, 0.3) is 0 Å². The smallest absolute Gasteiger partial charge is 0.166 e. The molecule has 3 heteroatoms. The van der Waals surface area contributed by atoms with Crippen LogP contribution in [0.4, 0.5) is 0 Å². The molecule has 0 saturated carbocycles. The zero-order valence-electron chi connectivity index (χ0n) is 11.9. The van der Waals surface area contributed by atoms with E-state index < -0.39 is 6.17 Å². The van der Waals surface area contributed by atoms with Gasteiger partial charge in [-0.3, -0.25) is 9.69 Å². The summed E-state index contributed by atoms with van der Waals surface area (Å²) in [6, 6.07) is 10.6. The summed E-state index contributed by atoms with van der Waals surface area (Å²) in [6.07, 6.45) is 1.75. The maximum absolute atomic E-state index is 11.9. The number of carbonyl (C=O) groups is 1.